The quantitative estimate of drug-likeness (QED) is 0.796. The molecule has 1 aliphatic heterocycles. The van der Waals surface area contributed by atoms with E-state index in [0.717, 1.165) is 64.6 Å². The molecule has 0 bridgehead atoms. The van der Waals surface area contributed by atoms with E-state index in [1.165, 1.54) is 17.8 Å². The maximum Gasteiger partial charge on any atom is 0.222 e. The largest absolute Gasteiger partial charge is 0.389 e. The van der Waals surface area contributed by atoms with E-state index in [1.54, 1.807) is 0 Å². The standard InChI is InChI=1S/C21H34N2O2/c1-17-10-11-18(2)23(17)14-7-3-4-9-20(24)22-15-13-21(25)12-6-5-8-19(21)16-22/h10-11,19,25H,3-9,12-16H2,1-2H3/t19-,21-/m1/s1. The van der Waals surface area contributed by atoms with Crippen LogP contribution in [0.15, 0.2) is 12.1 Å². The van der Waals surface area contributed by atoms with Crippen LogP contribution in [-0.2, 0) is 11.3 Å². The van der Waals surface area contributed by atoms with Crippen LogP contribution in [-0.4, -0.2) is 39.2 Å². The number of aryl methyl sites for hydroxylation is 2. The number of fused-ring (bicyclic) bond motifs is 1. The van der Waals surface area contributed by atoms with Gasteiger partial charge in [0.2, 0.25) is 5.91 Å². The fourth-order valence-electron chi connectivity index (χ4n) is 4.73. The molecule has 2 fully saturated rings. The van der Waals surface area contributed by atoms with Gasteiger partial charge in [-0.15, -0.1) is 0 Å². The molecule has 0 aromatic carbocycles. The molecule has 140 valence electrons. The maximum atomic E-state index is 12.5. The van der Waals surface area contributed by atoms with Crippen molar-refractivity contribution >= 4 is 5.91 Å². The van der Waals surface area contributed by atoms with Crippen molar-refractivity contribution in [2.24, 2.45) is 5.92 Å². The maximum absolute atomic E-state index is 12.5. The predicted molar refractivity (Wildman–Crippen MR) is 100 cm³/mol. The number of hydrogen-bond donors (Lipinski definition) is 1. The molecular formula is C21H34N2O2. The van der Waals surface area contributed by atoms with Crippen molar-refractivity contribution in [1.82, 2.24) is 9.47 Å². The molecule has 1 aromatic heterocycles. The van der Waals surface area contributed by atoms with E-state index >= 15 is 0 Å². The first-order valence-electron chi connectivity index (χ1n) is 10.1. The Balaban J connectivity index is 1.37. The molecule has 0 spiro atoms. The van der Waals surface area contributed by atoms with E-state index in [1.807, 2.05) is 4.90 Å². The minimum absolute atomic E-state index is 0.293. The molecule has 2 aliphatic rings. The molecule has 3 rings (SSSR count). The molecule has 1 amide bonds. The monoisotopic (exact) mass is 346 g/mol. The fraction of sp³-hybridized carbons (Fsp3) is 0.762. The summed E-state index contributed by atoms with van der Waals surface area (Å²) in [5.41, 5.74) is 2.16. The molecule has 1 aromatic rings. The topological polar surface area (TPSA) is 45.5 Å². The van der Waals surface area contributed by atoms with Gasteiger partial charge in [-0.05, 0) is 58.1 Å². The lowest BCUT2D eigenvalue weighted by atomic mass is 9.71. The highest BCUT2D eigenvalue weighted by Crippen LogP contribution is 2.39. The normalized spacial score (nSPS) is 26.5. The highest BCUT2D eigenvalue weighted by molar-refractivity contribution is 5.76. The lowest BCUT2D eigenvalue weighted by molar-refractivity contribution is -0.143. The molecule has 2 heterocycles. The lowest BCUT2D eigenvalue weighted by Crippen LogP contribution is -2.54. The molecule has 1 saturated heterocycles. The van der Waals surface area contributed by atoms with Gasteiger partial charge >= 0.3 is 0 Å². The van der Waals surface area contributed by atoms with Crippen molar-refractivity contribution in [3.05, 3.63) is 23.5 Å². The average Bonchev–Trinajstić information content (AvgIpc) is 2.92. The molecule has 25 heavy (non-hydrogen) atoms. The Morgan fingerprint density at radius 3 is 2.68 bits per heavy atom. The van der Waals surface area contributed by atoms with Crippen LogP contribution in [0.4, 0.5) is 0 Å². The van der Waals surface area contributed by atoms with Crippen molar-refractivity contribution < 1.29 is 9.90 Å². The van der Waals surface area contributed by atoms with Crippen molar-refractivity contribution in [3.63, 3.8) is 0 Å². The highest BCUT2D eigenvalue weighted by atomic mass is 16.3. The second kappa shape index (κ2) is 7.94. The first kappa shape index (κ1) is 18.5. The fourth-order valence-corrected chi connectivity index (χ4v) is 4.73. The summed E-state index contributed by atoms with van der Waals surface area (Å²) in [7, 11) is 0. The van der Waals surface area contributed by atoms with Crippen LogP contribution < -0.4 is 0 Å². The number of piperidine rings is 1. The van der Waals surface area contributed by atoms with Crippen molar-refractivity contribution in [2.75, 3.05) is 13.1 Å². The third-order valence-electron chi connectivity index (χ3n) is 6.47. The molecule has 4 nitrogen and oxygen atoms in total. The van der Waals surface area contributed by atoms with E-state index < -0.39 is 5.60 Å². The molecule has 1 aliphatic carbocycles. The molecule has 1 saturated carbocycles. The third-order valence-corrected chi connectivity index (χ3v) is 6.47. The van der Waals surface area contributed by atoms with Gasteiger partial charge in [0.15, 0.2) is 0 Å². The Morgan fingerprint density at radius 2 is 1.92 bits per heavy atom. The van der Waals surface area contributed by atoms with Gasteiger partial charge < -0.3 is 14.6 Å². The molecule has 2 atom stereocenters. The van der Waals surface area contributed by atoms with Gasteiger partial charge in [-0.1, -0.05) is 19.3 Å². The summed E-state index contributed by atoms with van der Waals surface area (Å²) in [6.07, 6.45) is 8.99. The lowest BCUT2D eigenvalue weighted by Gasteiger charge is -2.47. The number of carbonyl (C=O) groups excluding carboxylic acids is 1. The van der Waals surface area contributed by atoms with Gasteiger partial charge in [-0.25, -0.2) is 0 Å². The van der Waals surface area contributed by atoms with Gasteiger partial charge in [0, 0.05) is 43.4 Å². The van der Waals surface area contributed by atoms with Crippen molar-refractivity contribution in [1.29, 1.82) is 0 Å². The van der Waals surface area contributed by atoms with Gasteiger partial charge in [-0.3, -0.25) is 4.79 Å². The van der Waals surface area contributed by atoms with Crippen molar-refractivity contribution in [3.8, 4) is 0 Å². The zero-order chi connectivity index (χ0) is 17.9. The number of amides is 1. The summed E-state index contributed by atoms with van der Waals surface area (Å²) in [6, 6.07) is 4.34. The number of aromatic nitrogens is 1. The predicted octanol–water partition coefficient (Wildman–Crippen LogP) is 3.82. The van der Waals surface area contributed by atoms with Gasteiger partial charge in [0.25, 0.3) is 0 Å². The van der Waals surface area contributed by atoms with Gasteiger partial charge in [0.1, 0.15) is 0 Å². The van der Waals surface area contributed by atoms with E-state index in [9.17, 15) is 9.90 Å². The van der Waals surface area contributed by atoms with Crippen LogP contribution in [0.3, 0.4) is 0 Å². The van der Waals surface area contributed by atoms with Crippen LogP contribution in [0.5, 0.6) is 0 Å². The van der Waals surface area contributed by atoms with Gasteiger partial charge in [-0.2, -0.15) is 0 Å². The van der Waals surface area contributed by atoms with E-state index in [2.05, 4.69) is 30.5 Å². The summed E-state index contributed by atoms with van der Waals surface area (Å²) in [4.78, 5) is 14.5. The summed E-state index contributed by atoms with van der Waals surface area (Å²) >= 11 is 0. The SMILES string of the molecule is Cc1ccc(C)n1CCCCCC(=O)N1CC[C@]2(O)CCCC[C@@H]2C1. The second-order valence-electron chi connectivity index (χ2n) is 8.21. The Hall–Kier alpha value is -1.29. The first-order valence-corrected chi connectivity index (χ1v) is 10.1. The Morgan fingerprint density at radius 1 is 1.16 bits per heavy atom. The van der Waals surface area contributed by atoms with Crippen LogP contribution in [0, 0.1) is 19.8 Å². The zero-order valence-corrected chi connectivity index (χ0v) is 16.0. The summed E-state index contributed by atoms with van der Waals surface area (Å²) < 4.78 is 2.36. The zero-order valence-electron chi connectivity index (χ0n) is 16.0. The first-order chi connectivity index (χ1) is 12.0. The summed E-state index contributed by atoms with van der Waals surface area (Å²) in [5.74, 6) is 0.597. The smallest absolute Gasteiger partial charge is 0.222 e. The number of carbonyl (C=O) groups is 1. The van der Waals surface area contributed by atoms with Crippen LogP contribution >= 0.6 is 0 Å². The minimum atomic E-state index is -0.485. The number of hydrogen-bond acceptors (Lipinski definition) is 2. The van der Waals surface area contributed by atoms with Crippen molar-refractivity contribution in [2.45, 2.75) is 83.8 Å². The van der Waals surface area contributed by atoms with E-state index in [0.29, 0.717) is 18.2 Å². The second-order valence-corrected chi connectivity index (χ2v) is 8.21. The number of rotatable bonds is 6. The Labute approximate surface area is 152 Å². The van der Waals surface area contributed by atoms with E-state index in [4.69, 9.17) is 0 Å². The number of likely N-dealkylation sites (tertiary alicyclic amines) is 1. The van der Waals surface area contributed by atoms with Crippen LogP contribution in [0.1, 0.15) is 69.2 Å². The summed E-state index contributed by atoms with van der Waals surface area (Å²) in [6.45, 7) is 6.88. The Bertz CT molecular complexity index is 575. The molecular weight excluding hydrogens is 312 g/mol. The molecule has 4 heteroatoms. The average molecular weight is 347 g/mol. The number of nitrogens with zero attached hydrogens (tertiary/aromatic N) is 2. The van der Waals surface area contributed by atoms with E-state index in [-0.39, 0.29) is 0 Å². The molecule has 0 unspecified atom stereocenters. The highest BCUT2D eigenvalue weighted by Gasteiger charge is 2.43. The van der Waals surface area contributed by atoms with Crippen LogP contribution in [0.2, 0.25) is 0 Å². The van der Waals surface area contributed by atoms with Crippen LogP contribution in [0.25, 0.3) is 0 Å². The number of aliphatic hydroxyl groups is 1. The number of unbranched alkanes of at least 4 members (excludes halogenated alkanes) is 2. The summed E-state index contributed by atoms with van der Waals surface area (Å²) in [5, 5.41) is 10.7. The third kappa shape index (κ3) is 4.28. The molecule has 0 radical (unpaired) electrons. The molecule has 1 N–H and O–H groups in total. The Kier molecular flexibility index (Phi) is 5.88. The minimum Gasteiger partial charge on any atom is -0.389 e. The van der Waals surface area contributed by atoms with Gasteiger partial charge in [0.05, 0.1) is 5.60 Å².